The molecule has 2 N–H and O–H groups in total. The zero-order chi connectivity index (χ0) is 22.3. The molecule has 1 aromatic rings. The Hall–Kier alpha value is -1.66. The second-order valence-corrected chi connectivity index (χ2v) is 9.93. The van der Waals surface area contributed by atoms with E-state index in [-0.39, 0.29) is 58.2 Å². The topological polar surface area (TPSA) is 108 Å². The first-order valence-electron chi connectivity index (χ1n) is 10.5. The van der Waals surface area contributed by atoms with Crippen molar-refractivity contribution in [3.63, 3.8) is 0 Å². The SMILES string of the molecule is Cl.O=C(NO)C1(S(=O)(=O)N2CCN(c3ccc(OCCCCF)cc3)CC2)CCOCC1. The van der Waals surface area contributed by atoms with E-state index in [2.05, 4.69) is 4.90 Å². The van der Waals surface area contributed by atoms with Gasteiger partial charge in [0.1, 0.15) is 5.75 Å². The van der Waals surface area contributed by atoms with Gasteiger partial charge in [-0.1, -0.05) is 0 Å². The van der Waals surface area contributed by atoms with E-state index in [1.165, 1.54) is 4.31 Å². The minimum absolute atomic E-state index is 0. The number of alkyl halides is 1. The van der Waals surface area contributed by atoms with E-state index in [1.54, 1.807) is 5.48 Å². The number of anilines is 1. The van der Waals surface area contributed by atoms with Gasteiger partial charge >= 0.3 is 0 Å². The Morgan fingerprint density at radius 3 is 2.31 bits per heavy atom. The quantitative estimate of drug-likeness (QED) is 0.305. The van der Waals surface area contributed by atoms with Crippen LogP contribution in [0.4, 0.5) is 10.1 Å². The molecule has 182 valence electrons. The Kier molecular flexibility index (Phi) is 9.96. The molecule has 0 aliphatic carbocycles. The van der Waals surface area contributed by atoms with Gasteiger partial charge in [-0.25, -0.2) is 13.9 Å². The van der Waals surface area contributed by atoms with Gasteiger partial charge < -0.3 is 14.4 Å². The molecule has 0 unspecified atom stereocenters. The summed E-state index contributed by atoms with van der Waals surface area (Å²) in [6.45, 7) is 1.85. The lowest BCUT2D eigenvalue weighted by molar-refractivity contribution is -0.134. The number of amides is 1. The van der Waals surface area contributed by atoms with Crippen LogP contribution in [0.1, 0.15) is 25.7 Å². The fraction of sp³-hybridized carbons (Fsp3) is 0.650. The highest BCUT2D eigenvalue weighted by Gasteiger charge is 2.54. The largest absolute Gasteiger partial charge is 0.494 e. The van der Waals surface area contributed by atoms with Crippen LogP contribution >= 0.6 is 12.4 Å². The second kappa shape index (κ2) is 12.0. The van der Waals surface area contributed by atoms with Crippen LogP contribution in [0.25, 0.3) is 0 Å². The average Bonchev–Trinajstić information content (AvgIpc) is 2.82. The first kappa shape index (κ1) is 26.6. The van der Waals surface area contributed by atoms with Crippen LogP contribution in [-0.4, -0.2) is 81.3 Å². The summed E-state index contributed by atoms with van der Waals surface area (Å²) >= 11 is 0. The highest BCUT2D eigenvalue weighted by atomic mass is 35.5. The molecule has 2 aliphatic rings. The molecule has 0 atom stereocenters. The van der Waals surface area contributed by atoms with Crippen molar-refractivity contribution in [2.75, 3.05) is 57.6 Å². The Morgan fingerprint density at radius 2 is 1.75 bits per heavy atom. The summed E-state index contributed by atoms with van der Waals surface area (Å²) in [5.41, 5.74) is 2.49. The first-order valence-corrected chi connectivity index (χ1v) is 11.9. The fourth-order valence-corrected chi connectivity index (χ4v) is 6.08. The van der Waals surface area contributed by atoms with Crippen LogP contribution < -0.4 is 15.1 Å². The first-order chi connectivity index (χ1) is 14.9. The number of rotatable bonds is 9. The molecule has 0 spiro atoms. The molecule has 2 aliphatic heterocycles. The number of halogens is 2. The molecule has 9 nitrogen and oxygen atoms in total. The van der Waals surface area contributed by atoms with Gasteiger partial charge in [-0.15, -0.1) is 12.4 Å². The number of piperazine rings is 1. The zero-order valence-corrected chi connectivity index (χ0v) is 19.5. The van der Waals surface area contributed by atoms with Crippen LogP contribution in [0.2, 0.25) is 0 Å². The lowest BCUT2D eigenvalue weighted by atomic mass is 9.98. The van der Waals surface area contributed by atoms with Gasteiger partial charge in [-0.2, -0.15) is 4.31 Å². The van der Waals surface area contributed by atoms with Gasteiger partial charge in [0.05, 0.1) is 13.3 Å². The Morgan fingerprint density at radius 1 is 1.12 bits per heavy atom. The van der Waals surface area contributed by atoms with Crippen LogP contribution in [0.5, 0.6) is 5.75 Å². The van der Waals surface area contributed by atoms with E-state index < -0.39 is 20.7 Å². The molecular formula is C20H31ClFN3O6S. The summed E-state index contributed by atoms with van der Waals surface area (Å²) in [7, 11) is -3.98. The molecule has 2 saturated heterocycles. The van der Waals surface area contributed by atoms with E-state index in [0.717, 1.165) is 5.69 Å². The number of hydrogen-bond acceptors (Lipinski definition) is 7. The van der Waals surface area contributed by atoms with Crippen molar-refractivity contribution in [1.82, 2.24) is 9.79 Å². The maximum Gasteiger partial charge on any atom is 0.266 e. The molecule has 0 radical (unpaired) electrons. The lowest BCUT2D eigenvalue weighted by Crippen LogP contribution is -2.62. The minimum Gasteiger partial charge on any atom is -0.494 e. The smallest absolute Gasteiger partial charge is 0.266 e. The van der Waals surface area contributed by atoms with Crippen LogP contribution in [0, 0.1) is 0 Å². The Balaban J connectivity index is 0.00000363. The summed E-state index contributed by atoms with van der Waals surface area (Å²) < 4.78 is 49.3. The van der Waals surface area contributed by atoms with E-state index in [9.17, 15) is 17.6 Å². The molecule has 1 aromatic carbocycles. The van der Waals surface area contributed by atoms with Gasteiger partial charge in [0.25, 0.3) is 5.91 Å². The van der Waals surface area contributed by atoms with E-state index in [0.29, 0.717) is 38.3 Å². The second-order valence-electron chi connectivity index (χ2n) is 7.68. The summed E-state index contributed by atoms with van der Waals surface area (Å²) in [5, 5.41) is 9.15. The number of carbonyl (C=O) groups excluding carboxylic acids is 1. The number of carbonyl (C=O) groups is 1. The summed E-state index contributed by atoms with van der Waals surface area (Å²) in [6.07, 6.45) is 1.17. The molecule has 0 saturated carbocycles. The van der Waals surface area contributed by atoms with E-state index >= 15 is 0 Å². The number of nitrogens with one attached hydrogen (secondary N) is 1. The number of sulfonamides is 1. The van der Waals surface area contributed by atoms with Gasteiger partial charge in [0.2, 0.25) is 10.0 Å². The highest BCUT2D eigenvalue weighted by molar-refractivity contribution is 7.91. The van der Waals surface area contributed by atoms with Crippen LogP contribution in [-0.2, 0) is 19.6 Å². The number of hydrogen-bond donors (Lipinski definition) is 2. The summed E-state index contributed by atoms with van der Waals surface area (Å²) in [6, 6.07) is 7.51. The minimum atomic E-state index is -3.98. The monoisotopic (exact) mass is 495 g/mol. The average molecular weight is 496 g/mol. The van der Waals surface area contributed by atoms with Crippen molar-refractivity contribution >= 4 is 34.0 Å². The molecule has 2 heterocycles. The fourth-order valence-electron chi connectivity index (χ4n) is 3.98. The standard InChI is InChI=1S/C20H30FN3O6S.ClH/c21-9-1-2-14-30-18-5-3-17(4-6-18)23-10-12-24(13-11-23)31(27,28)20(19(25)22-26)7-15-29-16-8-20;/h3-6,26H,1-2,7-16H2,(H,22,25);1H. The van der Waals surface area contributed by atoms with Gasteiger partial charge in [-0.3, -0.25) is 14.4 Å². The Bertz CT molecular complexity index is 828. The van der Waals surface area contributed by atoms with Crippen molar-refractivity contribution in [1.29, 1.82) is 0 Å². The van der Waals surface area contributed by atoms with E-state index in [4.69, 9.17) is 14.7 Å². The number of benzene rings is 1. The molecule has 12 heteroatoms. The van der Waals surface area contributed by atoms with Gasteiger partial charge in [-0.05, 0) is 37.1 Å². The normalized spacial score (nSPS) is 19.1. The summed E-state index contributed by atoms with van der Waals surface area (Å²) in [5.74, 6) is -0.194. The van der Waals surface area contributed by atoms with Crippen molar-refractivity contribution in [3.8, 4) is 5.75 Å². The molecule has 1 amide bonds. The predicted octanol–water partition coefficient (Wildman–Crippen LogP) is 1.74. The van der Waals surface area contributed by atoms with Crippen molar-refractivity contribution < 1.29 is 32.3 Å². The number of unbranched alkanes of at least 4 members (excludes halogenated alkanes) is 1. The highest BCUT2D eigenvalue weighted by Crippen LogP contribution is 2.34. The molecule has 2 fully saturated rings. The molecule has 32 heavy (non-hydrogen) atoms. The zero-order valence-electron chi connectivity index (χ0n) is 17.9. The molecular weight excluding hydrogens is 465 g/mol. The van der Waals surface area contributed by atoms with Crippen molar-refractivity contribution in [2.24, 2.45) is 0 Å². The van der Waals surface area contributed by atoms with E-state index in [1.807, 2.05) is 24.3 Å². The number of ether oxygens (including phenoxy) is 2. The predicted molar refractivity (Wildman–Crippen MR) is 120 cm³/mol. The summed E-state index contributed by atoms with van der Waals surface area (Å²) in [4.78, 5) is 14.4. The maximum atomic E-state index is 13.3. The lowest BCUT2D eigenvalue weighted by Gasteiger charge is -2.42. The Labute approximate surface area is 194 Å². The van der Waals surface area contributed by atoms with Gasteiger partial charge in [0.15, 0.2) is 4.75 Å². The third-order valence-corrected chi connectivity index (χ3v) is 8.51. The molecule has 0 aromatic heterocycles. The van der Waals surface area contributed by atoms with Crippen molar-refractivity contribution in [2.45, 2.75) is 30.4 Å². The third-order valence-electron chi connectivity index (χ3n) is 5.89. The number of nitrogens with zero attached hydrogens (tertiary/aromatic N) is 2. The van der Waals surface area contributed by atoms with Crippen LogP contribution in [0.3, 0.4) is 0 Å². The third kappa shape index (κ3) is 5.63. The maximum absolute atomic E-state index is 13.3. The van der Waals surface area contributed by atoms with Crippen LogP contribution in [0.15, 0.2) is 24.3 Å². The van der Waals surface area contributed by atoms with Gasteiger partial charge in [0, 0.05) is 57.9 Å². The number of hydroxylamine groups is 1. The van der Waals surface area contributed by atoms with Crippen molar-refractivity contribution in [3.05, 3.63) is 24.3 Å². The molecule has 3 rings (SSSR count). The molecule has 0 bridgehead atoms.